The van der Waals surface area contributed by atoms with Crippen LogP contribution < -0.4 is 0 Å². The van der Waals surface area contributed by atoms with Crippen molar-refractivity contribution in [2.45, 2.75) is 11.8 Å². The molecule has 2 heterocycles. The number of nitrogens with one attached hydrogen (secondary N) is 1. The number of aromatic nitrogens is 1. The van der Waals surface area contributed by atoms with Crippen molar-refractivity contribution < 1.29 is 18.0 Å². The SMILES string of the molecule is CC(=O)c1cccc(S(=O)(=O)N2CCN(C(=O)c3cc[nH]c3)CC2)c1. The summed E-state index contributed by atoms with van der Waals surface area (Å²) in [6.45, 7) is 2.51. The fourth-order valence-corrected chi connectivity index (χ4v) is 4.26. The Morgan fingerprint density at radius 3 is 2.36 bits per heavy atom. The van der Waals surface area contributed by atoms with Crippen molar-refractivity contribution in [3.8, 4) is 0 Å². The molecule has 1 aromatic carbocycles. The van der Waals surface area contributed by atoms with Crippen LogP contribution in [0.2, 0.25) is 0 Å². The summed E-state index contributed by atoms with van der Waals surface area (Å²) in [7, 11) is -3.68. The van der Waals surface area contributed by atoms with Gasteiger partial charge < -0.3 is 9.88 Å². The lowest BCUT2D eigenvalue weighted by molar-refractivity contribution is 0.0698. The summed E-state index contributed by atoms with van der Waals surface area (Å²) in [5.74, 6) is -0.296. The van der Waals surface area contributed by atoms with Crippen LogP contribution in [0.3, 0.4) is 0 Å². The molecular formula is C17H19N3O4S. The fourth-order valence-electron chi connectivity index (χ4n) is 2.80. The quantitative estimate of drug-likeness (QED) is 0.833. The average Bonchev–Trinajstić information content (AvgIpc) is 3.16. The lowest BCUT2D eigenvalue weighted by Gasteiger charge is -2.33. The largest absolute Gasteiger partial charge is 0.367 e. The molecule has 1 amide bonds. The van der Waals surface area contributed by atoms with Crippen molar-refractivity contribution in [3.63, 3.8) is 0 Å². The topological polar surface area (TPSA) is 90.6 Å². The number of carbonyl (C=O) groups is 2. The molecule has 0 unspecified atom stereocenters. The predicted octanol–water partition coefficient (Wildman–Crippen LogP) is 1.36. The Bertz CT molecular complexity index is 882. The number of aromatic amines is 1. The van der Waals surface area contributed by atoms with Gasteiger partial charge in [0.25, 0.3) is 5.91 Å². The smallest absolute Gasteiger partial charge is 0.255 e. The van der Waals surface area contributed by atoms with E-state index in [1.54, 1.807) is 35.5 Å². The first-order chi connectivity index (χ1) is 11.9. The molecule has 0 saturated carbocycles. The fraction of sp³-hybridized carbons (Fsp3) is 0.294. The van der Waals surface area contributed by atoms with E-state index in [-0.39, 0.29) is 29.7 Å². The summed E-state index contributed by atoms with van der Waals surface area (Å²) in [5, 5.41) is 0. The Morgan fingerprint density at radius 1 is 1.04 bits per heavy atom. The molecule has 2 aromatic rings. The van der Waals surface area contributed by atoms with Gasteiger partial charge in [-0.3, -0.25) is 9.59 Å². The Labute approximate surface area is 146 Å². The van der Waals surface area contributed by atoms with Crippen molar-refractivity contribution >= 4 is 21.7 Å². The third-order valence-electron chi connectivity index (χ3n) is 4.25. The molecule has 1 aliphatic rings. The number of benzene rings is 1. The number of amides is 1. The van der Waals surface area contributed by atoms with Crippen LogP contribution in [-0.4, -0.2) is 60.5 Å². The molecule has 1 aliphatic heterocycles. The van der Waals surface area contributed by atoms with Gasteiger partial charge in [-0.15, -0.1) is 0 Å². The number of sulfonamides is 1. The van der Waals surface area contributed by atoms with Gasteiger partial charge in [-0.05, 0) is 25.1 Å². The zero-order valence-corrected chi connectivity index (χ0v) is 14.6. The Hall–Kier alpha value is -2.45. The van der Waals surface area contributed by atoms with Crippen molar-refractivity contribution in [2.24, 2.45) is 0 Å². The molecule has 0 atom stereocenters. The van der Waals surface area contributed by atoms with Crippen molar-refractivity contribution in [1.82, 2.24) is 14.2 Å². The molecule has 7 nitrogen and oxygen atoms in total. The first-order valence-corrected chi connectivity index (χ1v) is 9.37. The van der Waals surface area contributed by atoms with Gasteiger partial charge in [-0.25, -0.2) is 8.42 Å². The highest BCUT2D eigenvalue weighted by molar-refractivity contribution is 7.89. The third kappa shape index (κ3) is 3.49. The average molecular weight is 361 g/mol. The second kappa shape index (κ2) is 6.81. The Kier molecular flexibility index (Phi) is 4.73. The minimum atomic E-state index is -3.68. The number of H-pyrrole nitrogens is 1. The normalized spacial score (nSPS) is 16.0. The van der Waals surface area contributed by atoms with Crippen LogP contribution in [0.4, 0.5) is 0 Å². The van der Waals surface area contributed by atoms with Crippen LogP contribution >= 0.6 is 0 Å². The molecule has 132 valence electrons. The number of rotatable bonds is 4. The summed E-state index contributed by atoms with van der Waals surface area (Å²) >= 11 is 0. The highest BCUT2D eigenvalue weighted by Gasteiger charge is 2.30. The van der Waals surface area contributed by atoms with E-state index in [9.17, 15) is 18.0 Å². The first-order valence-electron chi connectivity index (χ1n) is 7.93. The van der Waals surface area contributed by atoms with Crippen LogP contribution in [0, 0.1) is 0 Å². The van der Waals surface area contributed by atoms with E-state index in [2.05, 4.69) is 4.98 Å². The van der Waals surface area contributed by atoms with Gasteiger partial charge in [0.15, 0.2) is 5.78 Å². The molecule has 0 radical (unpaired) electrons. The van der Waals surface area contributed by atoms with E-state index in [4.69, 9.17) is 0 Å². The minimum Gasteiger partial charge on any atom is -0.367 e. The molecule has 0 spiro atoms. The van der Waals surface area contributed by atoms with E-state index in [1.807, 2.05) is 0 Å². The molecule has 1 saturated heterocycles. The first kappa shape index (κ1) is 17.4. The standard InChI is InChI=1S/C17H19N3O4S/c1-13(21)14-3-2-4-16(11-14)25(23,24)20-9-7-19(8-10-20)17(22)15-5-6-18-12-15/h2-6,11-12,18H,7-10H2,1H3. The van der Waals surface area contributed by atoms with Crippen LogP contribution in [0.1, 0.15) is 27.6 Å². The van der Waals surface area contributed by atoms with E-state index in [0.29, 0.717) is 24.2 Å². The van der Waals surface area contributed by atoms with Gasteiger partial charge in [0.2, 0.25) is 10.0 Å². The zero-order valence-electron chi connectivity index (χ0n) is 13.8. The summed E-state index contributed by atoms with van der Waals surface area (Å²) < 4.78 is 26.9. The predicted molar refractivity (Wildman–Crippen MR) is 91.9 cm³/mol. The summed E-state index contributed by atoms with van der Waals surface area (Å²) in [4.78, 5) is 28.4. The number of piperazine rings is 1. The van der Waals surface area contributed by atoms with Crippen LogP contribution in [0.15, 0.2) is 47.6 Å². The lowest BCUT2D eigenvalue weighted by atomic mass is 10.2. The maximum Gasteiger partial charge on any atom is 0.255 e. The van der Waals surface area contributed by atoms with Gasteiger partial charge in [0.05, 0.1) is 10.5 Å². The van der Waals surface area contributed by atoms with Crippen molar-refractivity contribution in [2.75, 3.05) is 26.2 Å². The number of hydrogen-bond acceptors (Lipinski definition) is 4. The molecule has 3 rings (SSSR count). The molecule has 8 heteroatoms. The molecule has 0 aliphatic carbocycles. The number of hydrogen-bond donors (Lipinski definition) is 1. The number of Topliss-reactive ketones (excluding diaryl/α,β-unsaturated/α-hetero) is 1. The van der Waals surface area contributed by atoms with Crippen LogP contribution in [0.25, 0.3) is 0 Å². The van der Waals surface area contributed by atoms with Crippen LogP contribution in [-0.2, 0) is 10.0 Å². The second-order valence-electron chi connectivity index (χ2n) is 5.88. The number of nitrogens with zero attached hydrogens (tertiary/aromatic N) is 2. The van der Waals surface area contributed by atoms with Gasteiger partial charge in [0.1, 0.15) is 0 Å². The van der Waals surface area contributed by atoms with Crippen LogP contribution in [0.5, 0.6) is 0 Å². The lowest BCUT2D eigenvalue weighted by Crippen LogP contribution is -2.50. The molecular weight excluding hydrogens is 342 g/mol. The van der Waals surface area contributed by atoms with Crippen molar-refractivity contribution in [3.05, 3.63) is 53.9 Å². The van der Waals surface area contributed by atoms with E-state index >= 15 is 0 Å². The van der Waals surface area contributed by atoms with Gasteiger partial charge in [-0.2, -0.15) is 4.31 Å². The number of carbonyl (C=O) groups excluding carboxylic acids is 2. The molecule has 1 fully saturated rings. The zero-order chi connectivity index (χ0) is 18.0. The number of ketones is 1. The maximum atomic E-state index is 12.8. The summed E-state index contributed by atoms with van der Waals surface area (Å²) in [6.07, 6.45) is 3.30. The van der Waals surface area contributed by atoms with E-state index in [0.717, 1.165) is 0 Å². The Morgan fingerprint density at radius 2 is 1.76 bits per heavy atom. The molecule has 25 heavy (non-hydrogen) atoms. The van der Waals surface area contributed by atoms with E-state index < -0.39 is 10.0 Å². The van der Waals surface area contributed by atoms with Gasteiger partial charge in [0, 0.05) is 44.1 Å². The van der Waals surface area contributed by atoms with Gasteiger partial charge in [-0.1, -0.05) is 12.1 Å². The summed E-state index contributed by atoms with van der Waals surface area (Å²) in [6, 6.07) is 7.73. The molecule has 0 bridgehead atoms. The van der Waals surface area contributed by atoms with E-state index in [1.165, 1.54) is 23.4 Å². The summed E-state index contributed by atoms with van der Waals surface area (Å²) in [5.41, 5.74) is 0.924. The second-order valence-corrected chi connectivity index (χ2v) is 7.82. The molecule has 1 aromatic heterocycles. The van der Waals surface area contributed by atoms with Gasteiger partial charge >= 0.3 is 0 Å². The van der Waals surface area contributed by atoms with Crippen molar-refractivity contribution in [1.29, 1.82) is 0 Å². The highest BCUT2D eigenvalue weighted by atomic mass is 32.2. The monoisotopic (exact) mass is 361 g/mol. The minimum absolute atomic E-state index is 0.102. The third-order valence-corrected chi connectivity index (χ3v) is 6.14. The maximum absolute atomic E-state index is 12.8. The molecule has 1 N–H and O–H groups in total. The Balaban J connectivity index is 1.72. The highest BCUT2D eigenvalue weighted by Crippen LogP contribution is 2.20.